The van der Waals surface area contributed by atoms with Crippen LogP contribution in [0.2, 0.25) is 0 Å². The maximum Gasteiger partial charge on any atom is 0.270 e. The van der Waals surface area contributed by atoms with Crippen LogP contribution in [0.1, 0.15) is 92.2 Å². The zero-order valence-electron chi connectivity index (χ0n) is 33.1. The lowest BCUT2D eigenvalue weighted by molar-refractivity contribution is -0.136. The number of halogens is 1. The normalized spacial score (nSPS) is 18.6. The summed E-state index contributed by atoms with van der Waals surface area (Å²) in [7, 11) is 3.69. The second kappa shape index (κ2) is 16.1. The van der Waals surface area contributed by atoms with E-state index in [4.69, 9.17) is 32.7 Å². The summed E-state index contributed by atoms with van der Waals surface area (Å²) in [5.41, 5.74) is 12.1. The number of aromatic nitrogens is 6. The Morgan fingerprint density at radius 2 is 1.24 bits per heavy atom. The minimum atomic E-state index is -0.249. The number of carbonyl (C=O) groups is 2. The summed E-state index contributed by atoms with van der Waals surface area (Å²) < 4.78 is 4.31. The molecule has 2 fully saturated rings. The number of amidine groups is 1. The number of fused-ring (bicyclic) bond motifs is 4. The van der Waals surface area contributed by atoms with Crippen LogP contribution in [0.3, 0.4) is 0 Å². The van der Waals surface area contributed by atoms with Gasteiger partial charge in [0, 0.05) is 54.0 Å². The summed E-state index contributed by atoms with van der Waals surface area (Å²) in [6.07, 6.45) is 8.01. The van der Waals surface area contributed by atoms with Gasteiger partial charge in [-0.25, -0.2) is 15.9 Å². The zero-order valence-corrected chi connectivity index (χ0v) is 33.9. The van der Waals surface area contributed by atoms with E-state index in [1.54, 1.807) is 28.3 Å². The minimum absolute atomic E-state index is 0. The lowest BCUT2D eigenvalue weighted by atomic mass is 10.0. The van der Waals surface area contributed by atoms with Crippen molar-refractivity contribution in [3.05, 3.63) is 101 Å². The first kappa shape index (κ1) is 40.8. The molecule has 2 aliphatic heterocycles. The molecule has 16 nitrogen and oxygen atoms in total. The van der Waals surface area contributed by atoms with Crippen molar-refractivity contribution in [2.45, 2.75) is 76.5 Å². The smallest absolute Gasteiger partial charge is 0.270 e. The number of likely N-dealkylation sites (N-methyl/N-ethyl adjacent to an activating group) is 2. The summed E-state index contributed by atoms with van der Waals surface area (Å²) in [6.45, 7) is 12.2. The van der Waals surface area contributed by atoms with E-state index in [0.717, 1.165) is 92.8 Å². The Morgan fingerprint density at radius 3 is 1.68 bits per heavy atom. The summed E-state index contributed by atoms with van der Waals surface area (Å²) in [5, 5.41) is 22.3. The molecule has 0 radical (unpaired) electrons. The van der Waals surface area contributed by atoms with Crippen molar-refractivity contribution >= 4 is 57.4 Å². The van der Waals surface area contributed by atoms with E-state index in [1.165, 1.54) is 0 Å². The fourth-order valence-corrected chi connectivity index (χ4v) is 8.29. The molecule has 6 aromatic rings. The van der Waals surface area contributed by atoms with Gasteiger partial charge in [0.15, 0.2) is 5.84 Å². The molecule has 2 unspecified atom stereocenters. The number of imidazole rings is 2. The van der Waals surface area contributed by atoms with Crippen LogP contribution in [-0.4, -0.2) is 81.0 Å². The van der Waals surface area contributed by atoms with E-state index in [-0.39, 0.29) is 42.1 Å². The van der Waals surface area contributed by atoms with Gasteiger partial charge in [-0.1, -0.05) is 48.1 Å². The number of hydrogen-bond donors (Lipinski definition) is 4. The Labute approximate surface area is 346 Å². The second-order valence-electron chi connectivity index (χ2n) is 15.3. The van der Waals surface area contributed by atoms with E-state index in [0.29, 0.717) is 36.4 Å². The first-order valence-corrected chi connectivity index (χ1v) is 19.2. The number of nitrogens with zero attached hydrogens (tertiary/aromatic N) is 10. The monoisotopic (exact) mass is 816 g/mol. The molecule has 2 aliphatic carbocycles. The summed E-state index contributed by atoms with van der Waals surface area (Å²) >= 11 is 0. The SMILES string of the molecule is CC1C(=O)N(C)Cc2c(-c3cccc4cc(/C(N)=N/O)ncc34)nc(C3CC3)n21.Cl.NO.[C-]#[N+]c1cc2cccc(-c3nc(C4CC4)n4c3CN(C)C(=O)C4C)c2cn1. The van der Waals surface area contributed by atoms with Gasteiger partial charge in [0.2, 0.25) is 11.8 Å². The molecule has 2 saturated carbocycles. The molecule has 2 aromatic carbocycles. The number of oxime groups is 1. The molecule has 6 N–H and O–H groups in total. The number of amides is 2. The van der Waals surface area contributed by atoms with Crippen LogP contribution >= 0.6 is 12.4 Å². The molecule has 6 heterocycles. The number of carbonyl (C=O) groups excluding carboxylic acids is 2. The molecule has 0 spiro atoms. The van der Waals surface area contributed by atoms with Crippen molar-refractivity contribution in [3.8, 4) is 22.5 Å². The second-order valence-corrected chi connectivity index (χ2v) is 15.3. The maximum atomic E-state index is 12.6. The molecule has 10 rings (SSSR count). The van der Waals surface area contributed by atoms with Crippen molar-refractivity contribution in [2.75, 3.05) is 14.1 Å². The Bertz CT molecular complexity index is 2690. The highest BCUT2D eigenvalue weighted by Gasteiger charge is 2.40. The van der Waals surface area contributed by atoms with Gasteiger partial charge in [-0.15, -0.1) is 17.4 Å². The Kier molecular flexibility index (Phi) is 11.1. The number of nitrogens with two attached hydrogens (primary N) is 2. The van der Waals surface area contributed by atoms with Gasteiger partial charge >= 0.3 is 0 Å². The standard InChI is InChI=1S/C21H22N6O2.C21H19N5O.ClH.H3NO/c1-11-21(28)26(2)10-17-18(24-20(27(11)17)12-6-7-12)14-5-3-4-13-8-16(19(22)25-29)23-9-15(13)14;1-12-21(27)25(3)11-17-19(24-20(26(12)17)13-7-8-13)15-6-4-5-14-9-18(22-2)23-10-16(14)15;;1-2/h3-5,8-9,11-12,29H,6-7,10H2,1-2H3,(H2,22,25);4-6,9-10,12-13H,7-8,11H2,1,3H3;1H;2H,1H2. The van der Waals surface area contributed by atoms with Gasteiger partial charge in [0.05, 0.1) is 35.9 Å². The van der Waals surface area contributed by atoms with Crippen LogP contribution in [0.25, 0.3) is 48.9 Å². The van der Waals surface area contributed by atoms with E-state index in [9.17, 15) is 9.59 Å². The largest absolute Gasteiger partial charge is 0.409 e. The summed E-state index contributed by atoms with van der Waals surface area (Å²) in [6, 6.07) is 15.2. The average molecular weight is 817 g/mol. The molecule has 4 aromatic heterocycles. The van der Waals surface area contributed by atoms with Gasteiger partial charge in [-0.2, -0.15) is 0 Å². The van der Waals surface area contributed by atoms with Crippen LogP contribution in [-0.2, 0) is 22.7 Å². The molecule has 2 amide bonds. The van der Waals surface area contributed by atoms with Gasteiger partial charge < -0.3 is 39.9 Å². The predicted octanol–water partition coefficient (Wildman–Crippen LogP) is 6.42. The van der Waals surface area contributed by atoms with Gasteiger partial charge in [0.25, 0.3) is 5.82 Å². The molecule has 2 atom stereocenters. The van der Waals surface area contributed by atoms with E-state index in [2.05, 4.69) is 41.1 Å². The highest BCUT2D eigenvalue weighted by atomic mass is 35.5. The molecule has 59 heavy (non-hydrogen) atoms. The van der Waals surface area contributed by atoms with Crippen molar-refractivity contribution in [1.29, 1.82) is 0 Å². The molecule has 304 valence electrons. The van der Waals surface area contributed by atoms with Crippen LogP contribution < -0.4 is 11.6 Å². The third kappa shape index (κ3) is 7.11. The van der Waals surface area contributed by atoms with Crippen LogP contribution in [0.5, 0.6) is 0 Å². The number of hydrogen-bond acceptors (Lipinski definition) is 10. The summed E-state index contributed by atoms with van der Waals surface area (Å²) in [4.78, 5) is 50.8. The van der Waals surface area contributed by atoms with Crippen LogP contribution in [0.4, 0.5) is 5.82 Å². The lowest BCUT2D eigenvalue weighted by Gasteiger charge is -2.31. The van der Waals surface area contributed by atoms with Gasteiger partial charge in [-0.05, 0) is 62.4 Å². The third-order valence-electron chi connectivity index (χ3n) is 11.5. The van der Waals surface area contributed by atoms with Gasteiger partial charge in [0.1, 0.15) is 35.6 Å². The molecule has 0 saturated heterocycles. The highest BCUT2D eigenvalue weighted by molar-refractivity contribution is 6.02. The lowest BCUT2D eigenvalue weighted by Crippen LogP contribution is -2.39. The molecular formula is C42H45ClN12O4. The first-order valence-electron chi connectivity index (χ1n) is 19.2. The Morgan fingerprint density at radius 1 is 0.780 bits per heavy atom. The van der Waals surface area contributed by atoms with Crippen molar-refractivity contribution < 1.29 is 20.0 Å². The average Bonchev–Trinajstić information content (AvgIpc) is 4.20. The van der Waals surface area contributed by atoms with E-state index in [1.807, 2.05) is 64.3 Å². The Balaban J connectivity index is 0.000000170. The molecule has 0 bridgehead atoms. The minimum Gasteiger partial charge on any atom is -0.409 e. The number of pyridine rings is 2. The van der Waals surface area contributed by atoms with Crippen LogP contribution in [0, 0.1) is 6.57 Å². The fourth-order valence-electron chi connectivity index (χ4n) is 8.29. The van der Waals surface area contributed by atoms with E-state index >= 15 is 0 Å². The molecule has 17 heteroatoms. The molecule has 4 aliphatic rings. The maximum absolute atomic E-state index is 12.6. The topological polar surface area (TPSA) is 211 Å². The fraction of sp³-hybridized carbons (Fsp3) is 0.333. The van der Waals surface area contributed by atoms with Crippen molar-refractivity contribution in [1.82, 2.24) is 38.9 Å². The van der Waals surface area contributed by atoms with Crippen molar-refractivity contribution in [3.63, 3.8) is 0 Å². The number of benzene rings is 2. The molecular weight excluding hydrogens is 772 g/mol. The third-order valence-corrected chi connectivity index (χ3v) is 11.5. The van der Waals surface area contributed by atoms with E-state index < -0.39 is 0 Å². The van der Waals surface area contributed by atoms with Crippen LogP contribution in [0.15, 0.2) is 66.1 Å². The highest BCUT2D eigenvalue weighted by Crippen LogP contribution is 2.46. The Hall–Kier alpha value is -6.41. The first-order chi connectivity index (χ1) is 28.1. The van der Waals surface area contributed by atoms with Gasteiger partial charge in [-0.3, -0.25) is 14.6 Å². The quantitative estimate of drug-likeness (QED) is 0.0493. The predicted molar refractivity (Wildman–Crippen MR) is 224 cm³/mol. The number of rotatable bonds is 5. The van der Waals surface area contributed by atoms with Crippen molar-refractivity contribution in [2.24, 2.45) is 16.8 Å². The summed E-state index contributed by atoms with van der Waals surface area (Å²) in [5.74, 6) is 7.06. The zero-order chi connectivity index (χ0) is 41.0.